The number of ether oxygens (including phenoxy) is 5. The normalized spacial score (nSPS) is 10.3. The Balaban J connectivity index is 1.67. The number of rotatable bonds is 15. The van der Waals surface area contributed by atoms with Gasteiger partial charge in [-0.05, 0) is 88.1 Å². The van der Waals surface area contributed by atoms with Crippen LogP contribution in [0.15, 0.2) is 60.7 Å². The molecule has 8 nitrogen and oxygen atoms in total. The largest absolute Gasteiger partial charge is 0.494 e. The molecule has 0 fully saturated rings. The smallest absolute Gasteiger partial charge is 0.343 e. The molecule has 0 aliphatic rings. The first-order valence-electron chi connectivity index (χ1n) is 11.5. The van der Waals surface area contributed by atoms with Gasteiger partial charge in [0.2, 0.25) is 0 Å². The first-order chi connectivity index (χ1) is 16.9. The predicted molar refractivity (Wildman–Crippen MR) is 129 cm³/mol. The molecule has 8 heteroatoms. The molecule has 0 radical (unpaired) electrons. The van der Waals surface area contributed by atoms with Crippen LogP contribution in [0.3, 0.4) is 0 Å². The van der Waals surface area contributed by atoms with Crippen molar-refractivity contribution < 1.29 is 38.1 Å². The Hall–Kier alpha value is -3.65. The quantitative estimate of drug-likeness (QED) is 0.113. The minimum Gasteiger partial charge on any atom is -0.494 e. The number of hydrogen-bond acceptors (Lipinski definition) is 8. The summed E-state index contributed by atoms with van der Waals surface area (Å²) < 4.78 is 26.0. The van der Waals surface area contributed by atoms with Gasteiger partial charge in [-0.1, -0.05) is 6.58 Å². The molecule has 0 N–H and O–H groups in total. The average molecular weight is 485 g/mol. The first-order valence-corrected chi connectivity index (χ1v) is 11.5. The van der Waals surface area contributed by atoms with Gasteiger partial charge in [0.15, 0.2) is 6.79 Å². The number of esters is 3. The second kappa shape index (κ2) is 15.3. The monoisotopic (exact) mass is 484 g/mol. The highest BCUT2D eigenvalue weighted by atomic mass is 16.7. The lowest BCUT2D eigenvalue weighted by Gasteiger charge is -2.08. The van der Waals surface area contributed by atoms with Gasteiger partial charge in [0, 0.05) is 12.2 Å². The molecule has 35 heavy (non-hydrogen) atoms. The fourth-order valence-electron chi connectivity index (χ4n) is 2.81. The van der Waals surface area contributed by atoms with Crippen LogP contribution in [0.4, 0.5) is 0 Å². The second-order valence-electron chi connectivity index (χ2n) is 7.66. The third-order valence-corrected chi connectivity index (χ3v) is 4.76. The Morgan fingerprint density at radius 3 is 1.91 bits per heavy atom. The van der Waals surface area contributed by atoms with E-state index >= 15 is 0 Å². The van der Waals surface area contributed by atoms with Crippen LogP contribution in [-0.4, -0.2) is 44.5 Å². The van der Waals surface area contributed by atoms with Crippen molar-refractivity contribution in [2.75, 3.05) is 26.6 Å². The van der Waals surface area contributed by atoms with Gasteiger partial charge in [0.25, 0.3) is 0 Å². The molecule has 0 bridgehead atoms. The fraction of sp³-hybridized carbons (Fsp3) is 0.370. The van der Waals surface area contributed by atoms with Crippen LogP contribution in [0.25, 0.3) is 0 Å². The van der Waals surface area contributed by atoms with E-state index in [0.29, 0.717) is 48.0 Å². The average Bonchev–Trinajstić information content (AvgIpc) is 2.86. The SMILES string of the molecule is C=C(C)C(=O)OCCCCCCOc1ccc(C(=O)Oc2ccc(C(=O)OCOCC)cc2)cc1. The van der Waals surface area contributed by atoms with E-state index in [1.807, 2.05) is 0 Å². The molecule has 0 unspecified atom stereocenters. The Bertz CT molecular complexity index is 964. The van der Waals surface area contributed by atoms with Crippen molar-refractivity contribution in [1.82, 2.24) is 0 Å². The highest BCUT2D eigenvalue weighted by Gasteiger charge is 2.11. The fourth-order valence-corrected chi connectivity index (χ4v) is 2.81. The van der Waals surface area contributed by atoms with Crippen molar-refractivity contribution in [3.05, 3.63) is 71.8 Å². The van der Waals surface area contributed by atoms with Crippen molar-refractivity contribution in [1.29, 1.82) is 0 Å². The van der Waals surface area contributed by atoms with E-state index < -0.39 is 11.9 Å². The van der Waals surface area contributed by atoms with Gasteiger partial charge in [0.1, 0.15) is 11.5 Å². The van der Waals surface area contributed by atoms with Gasteiger partial charge < -0.3 is 23.7 Å². The summed E-state index contributed by atoms with van der Waals surface area (Å²) in [5.74, 6) is -0.418. The highest BCUT2D eigenvalue weighted by Crippen LogP contribution is 2.17. The Morgan fingerprint density at radius 2 is 1.31 bits per heavy atom. The lowest BCUT2D eigenvalue weighted by Crippen LogP contribution is -2.10. The molecule has 0 aliphatic carbocycles. The molecule has 0 atom stereocenters. The van der Waals surface area contributed by atoms with Crippen LogP contribution in [-0.2, 0) is 19.0 Å². The third kappa shape index (κ3) is 10.4. The van der Waals surface area contributed by atoms with E-state index in [2.05, 4.69) is 6.58 Å². The molecular weight excluding hydrogens is 452 g/mol. The van der Waals surface area contributed by atoms with E-state index in [0.717, 1.165) is 25.7 Å². The second-order valence-corrected chi connectivity index (χ2v) is 7.66. The molecule has 0 amide bonds. The molecule has 0 aromatic heterocycles. The van der Waals surface area contributed by atoms with Crippen molar-refractivity contribution in [2.45, 2.75) is 39.5 Å². The zero-order valence-corrected chi connectivity index (χ0v) is 20.2. The summed E-state index contributed by atoms with van der Waals surface area (Å²) in [6.45, 7) is 8.26. The summed E-state index contributed by atoms with van der Waals surface area (Å²) in [5, 5.41) is 0. The Kier molecular flexibility index (Phi) is 12.1. The highest BCUT2D eigenvalue weighted by molar-refractivity contribution is 5.92. The molecule has 2 aromatic carbocycles. The van der Waals surface area contributed by atoms with Gasteiger partial charge >= 0.3 is 17.9 Å². The van der Waals surface area contributed by atoms with E-state index in [1.54, 1.807) is 38.1 Å². The summed E-state index contributed by atoms with van der Waals surface area (Å²) in [6.07, 6.45) is 3.56. The van der Waals surface area contributed by atoms with E-state index in [-0.39, 0.29) is 12.8 Å². The first kappa shape index (κ1) is 27.6. The molecule has 2 aromatic rings. The van der Waals surface area contributed by atoms with Gasteiger partial charge in [-0.3, -0.25) is 0 Å². The van der Waals surface area contributed by atoms with Crippen LogP contribution in [0, 0.1) is 0 Å². The van der Waals surface area contributed by atoms with Gasteiger partial charge in [-0.25, -0.2) is 14.4 Å². The lowest BCUT2D eigenvalue weighted by molar-refractivity contribution is -0.139. The van der Waals surface area contributed by atoms with Crippen LogP contribution in [0.2, 0.25) is 0 Å². The summed E-state index contributed by atoms with van der Waals surface area (Å²) in [4.78, 5) is 35.5. The third-order valence-electron chi connectivity index (χ3n) is 4.76. The maximum absolute atomic E-state index is 12.4. The van der Waals surface area contributed by atoms with Crippen LogP contribution < -0.4 is 9.47 Å². The molecule has 188 valence electrons. The van der Waals surface area contributed by atoms with E-state index in [1.165, 1.54) is 24.3 Å². The van der Waals surface area contributed by atoms with Crippen LogP contribution in [0.5, 0.6) is 11.5 Å². The zero-order valence-electron chi connectivity index (χ0n) is 20.2. The predicted octanol–water partition coefficient (Wildman–Crippen LogP) is 5.12. The van der Waals surface area contributed by atoms with Crippen molar-refractivity contribution in [3.8, 4) is 11.5 Å². The van der Waals surface area contributed by atoms with E-state index in [4.69, 9.17) is 23.7 Å². The maximum atomic E-state index is 12.4. The number of hydrogen-bond donors (Lipinski definition) is 0. The van der Waals surface area contributed by atoms with Gasteiger partial charge in [-0.2, -0.15) is 0 Å². The summed E-state index contributed by atoms with van der Waals surface area (Å²) in [7, 11) is 0. The molecule has 2 rings (SSSR count). The van der Waals surface area contributed by atoms with Crippen molar-refractivity contribution >= 4 is 17.9 Å². The Labute approximate surface area is 205 Å². The van der Waals surface area contributed by atoms with Gasteiger partial charge in [0.05, 0.1) is 24.3 Å². The minimum absolute atomic E-state index is 0.111. The van der Waals surface area contributed by atoms with Crippen molar-refractivity contribution in [3.63, 3.8) is 0 Å². The molecule has 0 spiro atoms. The van der Waals surface area contributed by atoms with E-state index in [9.17, 15) is 14.4 Å². The zero-order chi connectivity index (χ0) is 25.5. The minimum atomic E-state index is -0.518. The topological polar surface area (TPSA) is 97.4 Å². The number of carbonyl (C=O) groups excluding carboxylic acids is 3. The molecule has 0 saturated carbocycles. The number of benzene rings is 2. The molecule has 0 saturated heterocycles. The summed E-state index contributed by atoms with van der Waals surface area (Å²) in [6, 6.07) is 12.8. The van der Waals surface area contributed by atoms with Crippen LogP contribution >= 0.6 is 0 Å². The molecule has 0 heterocycles. The number of carbonyl (C=O) groups is 3. The standard InChI is InChI=1S/C27H32O8/c1-4-31-19-34-26(29)21-11-15-24(16-12-21)35-27(30)22-9-13-23(14-10-22)32-17-7-5-6-8-18-33-25(28)20(2)3/h9-16H,2,4-8,17-19H2,1,3H3. The van der Waals surface area contributed by atoms with Crippen LogP contribution in [0.1, 0.15) is 60.2 Å². The summed E-state index contributed by atoms with van der Waals surface area (Å²) >= 11 is 0. The maximum Gasteiger partial charge on any atom is 0.343 e. The van der Waals surface area contributed by atoms with Gasteiger partial charge in [-0.15, -0.1) is 0 Å². The summed E-state index contributed by atoms with van der Waals surface area (Å²) in [5.41, 5.74) is 1.11. The van der Waals surface area contributed by atoms with Crippen molar-refractivity contribution in [2.24, 2.45) is 0 Å². The lowest BCUT2D eigenvalue weighted by atomic mass is 10.2. The number of unbranched alkanes of at least 4 members (excludes halogenated alkanes) is 3. The molecule has 0 aliphatic heterocycles. The molecular formula is C27H32O8. The Morgan fingerprint density at radius 1 is 0.743 bits per heavy atom.